The van der Waals surface area contributed by atoms with Crippen LogP contribution in [-0.4, -0.2) is 22.7 Å². The largest absolute Gasteiger partial charge is 0.508 e. The molecule has 5 rings (SSSR count). The van der Waals surface area contributed by atoms with E-state index in [0.717, 1.165) is 0 Å². The van der Waals surface area contributed by atoms with Gasteiger partial charge >= 0.3 is 5.97 Å². The third-order valence-electron chi connectivity index (χ3n) is 4.85. The fraction of sp³-hybridized carbons (Fsp3) is 0.0870. The molecule has 6 nitrogen and oxygen atoms in total. The first-order chi connectivity index (χ1) is 14.0. The van der Waals surface area contributed by atoms with Crippen molar-refractivity contribution in [3.63, 3.8) is 0 Å². The average molecular weight is 389 g/mol. The summed E-state index contributed by atoms with van der Waals surface area (Å²) in [6.07, 6.45) is 1.65. The van der Waals surface area contributed by atoms with Gasteiger partial charge in [0, 0.05) is 35.4 Å². The Labute approximate surface area is 167 Å². The van der Waals surface area contributed by atoms with Crippen LogP contribution in [0.2, 0.25) is 0 Å². The summed E-state index contributed by atoms with van der Waals surface area (Å²) < 4.78 is 11.8. The summed E-state index contributed by atoms with van der Waals surface area (Å²) in [6, 6.07) is 16.6. The van der Waals surface area contributed by atoms with Crippen molar-refractivity contribution in [3.8, 4) is 23.0 Å². The van der Waals surface area contributed by atoms with E-state index < -0.39 is 11.6 Å². The molecule has 0 saturated heterocycles. The molecular weight excluding hydrogens is 370 g/mol. The summed E-state index contributed by atoms with van der Waals surface area (Å²) in [6.45, 7) is 3.94. The number of rotatable bonds is 1. The van der Waals surface area contributed by atoms with Crippen molar-refractivity contribution < 1.29 is 24.5 Å². The molecule has 0 atom stereocenters. The lowest BCUT2D eigenvalue weighted by atomic mass is 9.77. The van der Waals surface area contributed by atoms with Crippen LogP contribution in [0.25, 0.3) is 0 Å². The van der Waals surface area contributed by atoms with Crippen molar-refractivity contribution in [1.82, 2.24) is 0 Å². The van der Waals surface area contributed by atoms with Crippen molar-refractivity contribution in [2.24, 2.45) is 5.73 Å². The van der Waals surface area contributed by atoms with E-state index in [-0.39, 0.29) is 11.5 Å². The summed E-state index contributed by atoms with van der Waals surface area (Å²) in [5.74, 6) is 0.408. The second-order valence-electron chi connectivity index (χ2n) is 6.60. The number of esters is 1. The molecule has 2 heterocycles. The first kappa shape index (κ1) is 18.6. The van der Waals surface area contributed by atoms with E-state index >= 15 is 0 Å². The predicted molar refractivity (Wildman–Crippen MR) is 107 cm³/mol. The van der Waals surface area contributed by atoms with Gasteiger partial charge in [-0.3, -0.25) is 0 Å². The van der Waals surface area contributed by atoms with Crippen molar-refractivity contribution in [2.45, 2.75) is 5.60 Å². The number of phenolic OH excluding ortho intramolecular Hbond substituents is 2. The van der Waals surface area contributed by atoms with Crippen molar-refractivity contribution in [3.05, 3.63) is 95.6 Å². The van der Waals surface area contributed by atoms with Gasteiger partial charge in [-0.25, -0.2) is 4.79 Å². The lowest BCUT2D eigenvalue weighted by Gasteiger charge is -2.36. The van der Waals surface area contributed by atoms with Gasteiger partial charge in [0.25, 0.3) is 0 Å². The number of aromatic hydroxyl groups is 2. The van der Waals surface area contributed by atoms with E-state index in [1.807, 2.05) is 12.1 Å². The van der Waals surface area contributed by atoms with Gasteiger partial charge in [0.15, 0.2) is 5.60 Å². The summed E-state index contributed by atoms with van der Waals surface area (Å²) in [5.41, 5.74) is 6.19. The average Bonchev–Trinajstić information content (AvgIpc) is 3.01. The maximum absolute atomic E-state index is 12.5. The molecule has 146 valence electrons. The zero-order chi connectivity index (χ0) is 20.6. The highest BCUT2D eigenvalue weighted by molar-refractivity contribution is 5.97. The third-order valence-corrected chi connectivity index (χ3v) is 4.85. The summed E-state index contributed by atoms with van der Waals surface area (Å²) in [7, 11) is 0. The van der Waals surface area contributed by atoms with E-state index in [4.69, 9.17) is 15.2 Å². The standard InChI is InChI=1S/C20H12O5.C3H7N/c21-11-5-7-15-17(9-11)24-18-10-12(22)6-8-16(18)20(15)14-4-2-1-3-13(14)19(23)25-20;1-2-3-4/h1-10,21-22H;2H,1,3-4H2. The van der Waals surface area contributed by atoms with E-state index in [2.05, 4.69) is 6.58 Å². The number of nitrogens with two attached hydrogens (primary N) is 1. The topological polar surface area (TPSA) is 102 Å². The molecule has 2 aliphatic rings. The van der Waals surface area contributed by atoms with Crippen LogP contribution in [0.15, 0.2) is 73.3 Å². The van der Waals surface area contributed by atoms with Crippen molar-refractivity contribution >= 4 is 5.97 Å². The monoisotopic (exact) mass is 389 g/mol. The minimum absolute atomic E-state index is 0.0371. The van der Waals surface area contributed by atoms with Gasteiger partial charge in [-0.1, -0.05) is 24.3 Å². The number of phenols is 2. The number of benzene rings is 3. The highest BCUT2D eigenvalue weighted by Crippen LogP contribution is 2.56. The Morgan fingerprint density at radius 1 is 0.931 bits per heavy atom. The maximum atomic E-state index is 12.5. The van der Waals surface area contributed by atoms with Crippen LogP contribution < -0.4 is 10.5 Å². The van der Waals surface area contributed by atoms with Gasteiger partial charge in [-0.2, -0.15) is 0 Å². The predicted octanol–water partition coefficient (Wildman–Crippen LogP) is 3.80. The van der Waals surface area contributed by atoms with Crippen LogP contribution in [0, 0.1) is 0 Å². The molecule has 0 radical (unpaired) electrons. The van der Waals surface area contributed by atoms with Crippen LogP contribution in [0.1, 0.15) is 27.0 Å². The van der Waals surface area contributed by atoms with Crippen LogP contribution >= 0.6 is 0 Å². The molecule has 29 heavy (non-hydrogen) atoms. The minimum Gasteiger partial charge on any atom is -0.508 e. The van der Waals surface area contributed by atoms with Gasteiger partial charge in [0.2, 0.25) is 0 Å². The highest BCUT2D eigenvalue weighted by Gasteiger charge is 2.53. The lowest BCUT2D eigenvalue weighted by molar-refractivity contribution is 0.0224. The molecule has 0 unspecified atom stereocenters. The number of carbonyl (C=O) groups excluding carboxylic acids is 1. The number of hydrogen-bond donors (Lipinski definition) is 3. The third kappa shape index (κ3) is 2.81. The van der Waals surface area contributed by atoms with Crippen LogP contribution in [0.3, 0.4) is 0 Å². The summed E-state index contributed by atoms with van der Waals surface area (Å²) >= 11 is 0. The second kappa shape index (κ2) is 7.00. The smallest absolute Gasteiger partial charge is 0.340 e. The first-order valence-corrected chi connectivity index (χ1v) is 9.00. The fourth-order valence-corrected chi connectivity index (χ4v) is 3.65. The van der Waals surface area contributed by atoms with Gasteiger partial charge in [-0.15, -0.1) is 6.58 Å². The minimum atomic E-state index is -1.17. The molecule has 0 saturated carbocycles. The molecular formula is C23H19NO5. The maximum Gasteiger partial charge on any atom is 0.340 e. The molecule has 3 aromatic rings. The van der Waals surface area contributed by atoms with Crippen molar-refractivity contribution in [2.75, 3.05) is 6.54 Å². The van der Waals surface area contributed by atoms with Crippen LogP contribution in [0.5, 0.6) is 23.0 Å². The Bertz CT molecular complexity index is 1070. The van der Waals surface area contributed by atoms with Gasteiger partial charge in [-0.05, 0) is 30.3 Å². The molecule has 3 aromatic carbocycles. The lowest BCUT2D eigenvalue weighted by Crippen LogP contribution is -2.32. The fourth-order valence-electron chi connectivity index (χ4n) is 3.65. The zero-order valence-corrected chi connectivity index (χ0v) is 15.5. The molecule has 0 aliphatic carbocycles. The molecule has 2 aliphatic heterocycles. The SMILES string of the molecule is C=CCN.O=C1OC2(c3ccc(O)cc3Oc3cc(O)ccc32)c2ccccc21. The number of ether oxygens (including phenoxy) is 2. The number of hydrogen-bond acceptors (Lipinski definition) is 6. The summed E-state index contributed by atoms with van der Waals surface area (Å²) in [5, 5.41) is 19.7. The Morgan fingerprint density at radius 3 is 2.03 bits per heavy atom. The molecule has 0 fully saturated rings. The first-order valence-electron chi connectivity index (χ1n) is 9.00. The molecule has 0 aromatic heterocycles. The van der Waals surface area contributed by atoms with Crippen LogP contribution in [-0.2, 0) is 10.3 Å². The molecule has 4 N–H and O–H groups in total. The van der Waals surface area contributed by atoms with Gasteiger partial charge in [0.1, 0.15) is 23.0 Å². The van der Waals surface area contributed by atoms with Gasteiger partial charge < -0.3 is 25.4 Å². The quantitative estimate of drug-likeness (QED) is 0.432. The number of fused-ring (bicyclic) bond motifs is 6. The Hall–Kier alpha value is -3.77. The summed E-state index contributed by atoms with van der Waals surface area (Å²) in [4.78, 5) is 12.5. The Balaban J connectivity index is 0.000000472. The molecule has 0 bridgehead atoms. The molecule has 6 heteroatoms. The van der Waals surface area contributed by atoms with E-state index in [9.17, 15) is 15.0 Å². The Morgan fingerprint density at radius 2 is 1.48 bits per heavy atom. The van der Waals surface area contributed by atoms with E-state index in [1.165, 1.54) is 24.3 Å². The zero-order valence-electron chi connectivity index (χ0n) is 15.5. The number of carbonyl (C=O) groups is 1. The van der Waals surface area contributed by atoms with Gasteiger partial charge in [0.05, 0.1) is 5.56 Å². The van der Waals surface area contributed by atoms with Crippen molar-refractivity contribution in [1.29, 1.82) is 0 Å². The van der Waals surface area contributed by atoms with E-state index in [0.29, 0.717) is 40.3 Å². The van der Waals surface area contributed by atoms with Crippen LogP contribution in [0.4, 0.5) is 0 Å². The highest BCUT2D eigenvalue weighted by atomic mass is 16.6. The second-order valence-corrected chi connectivity index (χ2v) is 6.60. The van der Waals surface area contributed by atoms with E-state index in [1.54, 1.807) is 30.3 Å². The Kier molecular flexibility index (Phi) is 4.48. The molecule has 1 spiro atoms. The normalized spacial score (nSPS) is 14.4. The molecule has 0 amide bonds.